The fourth-order valence-corrected chi connectivity index (χ4v) is 4.93. The predicted molar refractivity (Wildman–Crippen MR) is 115 cm³/mol. The van der Waals surface area contributed by atoms with Crippen molar-refractivity contribution in [2.45, 2.75) is 19.5 Å². The van der Waals surface area contributed by atoms with Crippen molar-refractivity contribution in [2.24, 2.45) is 11.8 Å². The summed E-state index contributed by atoms with van der Waals surface area (Å²) in [5.74, 6) is 0.858. The van der Waals surface area contributed by atoms with Crippen LogP contribution in [-0.4, -0.2) is 48.9 Å². The second kappa shape index (κ2) is 9.24. The van der Waals surface area contributed by atoms with Gasteiger partial charge >= 0.3 is 0 Å². The van der Waals surface area contributed by atoms with Gasteiger partial charge in [0.05, 0.1) is 6.54 Å². The van der Waals surface area contributed by atoms with Crippen LogP contribution in [0.15, 0.2) is 48.5 Å². The number of nitrogens with one attached hydrogen (secondary N) is 1. The molecule has 0 unspecified atom stereocenters. The number of carbonyl (C=O) groups excluding carboxylic acids is 1. The van der Waals surface area contributed by atoms with E-state index in [1.807, 2.05) is 18.2 Å². The normalized spacial score (nSPS) is 24.2. The molecule has 0 bridgehead atoms. The molecule has 0 aromatic heterocycles. The number of carbonyl (C=O) groups is 1. The second-order valence-electron chi connectivity index (χ2n) is 8.26. The first-order valence-corrected chi connectivity index (χ1v) is 10.0. The molecule has 0 saturated carbocycles. The number of rotatable bonds is 5. The highest BCUT2D eigenvalue weighted by molar-refractivity contribution is 5.85. The van der Waals surface area contributed by atoms with E-state index in [9.17, 15) is 9.18 Å². The van der Waals surface area contributed by atoms with Gasteiger partial charge in [-0.05, 0) is 54.6 Å². The number of hydrogen-bond acceptors (Lipinski definition) is 3. The molecular weight excluding hydrogens is 389 g/mol. The lowest BCUT2D eigenvalue weighted by Crippen LogP contribution is -2.37. The SMILES string of the molecule is Cc1ccccc1CNC(=O)CN1C[C@@H]2CN(C)[C@@H](c3cccc(F)c3)[C@@H]2C1.Cl. The molecule has 2 aliphatic heterocycles. The number of fused-ring (bicyclic) bond motifs is 1. The van der Waals surface area contributed by atoms with Gasteiger partial charge < -0.3 is 5.32 Å². The summed E-state index contributed by atoms with van der Waals surface area (Å²) < 4.78 is 13.7. The summed E-state index contributed by atoms with van der Waals surface area (Å²) in [6.07, 6.45) is 0. The molecule has 4 rings (SSSR count). The van der Waals surface area contributed by atoms with Gasteiger partial charge in [0.25, 0.3) is 0 Å². The second-order valence-corrected chi connectivity index (χ2v) is 8.26. The Morgan fingerprint density at radius 1 is 1.14 bits per heavy atom. The molecule has 156 valence electrons. The largest absolute Gasteiger partial charge is 0.351 e. The van der Waals surface area contributed by atoms with Gasteiger partial charge in [-0.3, -0.25) is 14.6 Å². The van der Waals surface area contributed by atoms with E-state index in [0.717, 1.165) is 30.8 Å². The Morgan fingerprint density at radius 2 is 1.93 bits per heavy atom. The van der Waals surface area contributed by atoms with Crippen molar-refractivity contribution in [1.82, 2.24) is 15.1 Å². The van der Waals surface area contributed by atoms with Crippen molar-refractivity contribution < 1.29 is 9.18 Å². The molecule has 1 N–H and O–H groups in total. The van der Waals surface area contributed by atoms with Crippen molar-refractivity contribution in [3.63, 3.8) is 0 Å². The van der Waals surface area contributed by atoms with Crippen molar-refractivity contribution in [3.8, 4) is 0 Å². The van der Waals surface area contributed by atoms with E-state index in [-0.39, 0.29) is 30.2 Å². The van der Waals surface area contributed by atoms with Gasteiger partial charge in [-0.25, -0.2) is 4.39 Å². The maximum atomic E-state index is 13.7. The zero-order chi connectivity index (χ0) is 19.7. The van der Waals surface area contributed by atoms with E-state index in [1.165, 1.54) is 11.6 Å². The third-order valence-corrected chi connectivity index (χ3v) is 6.26. The summed E-state index contributed by atoms with van der Waals surface area (Å²) in [4.78, 5) is 17.0. The van der Waals surface area contributed by atoms with Crippen molar-refractivity contribution >= 4 is 18.3 Å². The quantitative estimate of drug-likeness (QED) is 0.809. The first-order chi connectivity index (χ1) is 13.5. The maximum Gasteiger partial charge on any atom is 0.234 e. The number of halogens is 2. The zero-order valence-electron chi connectivity index (χ0n) is 17.0. The maximum absolute atomic E-state index is 13.7. The molecule has 2 saturated heterocycles. The van der Waals surface area contributed by atoms with Crippen LogP contribution in [0.4, 0.5) is 4.39 Å². The Hall–Kier alpha value is -1.95. The zero-order valence-corrected chi connectivity index (χ0v) is 17.8. The average Bonchev–Trinajstić information content (AvgIpc) is 3.16. The van der Waals surface area contributed by atoms with Crippen molar-refractivity contribution in [2.75, 3.05) is 33.2 Å². The van der Waals surface area contributed by atoms with Gasteiger partial charge in [-0.2, -0.15) is 0 Å². The number of likely N-dealkylation sites (tertiary alicyclic amines) is 2. The lowest BCUT2D eigenvalue weighted by atomic mass is 9.89. The van der Waals surface area contributed by atoms with Crippen LogP contribution in [-0.2, 0) is 11.3 Å². The molecule has 2 aromatic rings. The topological polar surface area (TPSA) is 35.6 Å². The predicted octanol–water partition coefficient (Wildman–Crippen LogP) is 3.41. The van der Waals surface area contributed by atoms with Crippen LogP contribution in [0, 0.1) is 24.6 Å². The third kappa shape index (κ3) is 4.80. The fraction of sp³-hybridized carbons (Fsp3) is 0.435. The molecule has 0 aliphatic carbocycles. The standard InChI is InChI=1S/C23H28FN3O.ClH/c1-16-6-3-4-7-18(16)11-25-22(28)15-27-13-19-12-26(2)23(21(19)14-27)17-8-5-9-20(24)10-17;/h3-10,19,21,23H,11-15H2,1-2H3,(H,25,28);1H/t19-,21+,23-;/m0./s1. The van der Waals surface area contributed by atoms with Crippen molar-refractivity contribution in [3.05, 3.63) is 71.0 Å². The molecular formula is C23H29ClFN3O. The van der Waals surface area contributed by atoms with Gasteiger partial charge in [0, 0.05) is 32.2 Å². The first kappa shape index (κ1) is 21.8. The lowest BCUT2D eigenvalue weighted by molar-refractivity contribution is -0.122. The molecule has 3 atom stereocenters. The van der Waals surface area contributed by atoms with Crippen LogP contribution >= 0.6 is 12.4 Å². The van der Waals surface area contributed by atoms with Gasteiger partial charge in [0.15, 0.2) is 0 Å². The molecule has 4 nitrogen and oxygen atoms in total. The van der Waals surface area contributed by atoms with E-state index in [1.54, 1.807) is 12.1 Å². The van der Waals surface area contributed by atoms with Crippen LogP contribution < -0.4 is 5.32 Å². The summed E-state index contributed by atoms with van der Waals surface area (Å²) in [6.45, 7) is 5.87. The molecule has 2 aromatic carbocycles. The molecule has 2 aliphatic rings. The van der Waals surface area contributed by atoms with Crippen LogP contribution in [0.3, 0.4) is 0 Å². The highest BCUT2D eigenvalue weighted by atomic mass is 35.5. The summed E-state index contributed by atoms with van der Waals surface area (Å²) in [5.41, 5.74) is 3.39. The molecule has 1 amide bonds. The van der Waals surface area contributed by atoms with E-state index < -0.39 is 0 Å². The van der Waals surface area contributed by atoms with Crippen LogP contribution in [0.25, 0.3) is 0 Å². The Morgan fingerprint density at radius 3 is 2.69 bits per heavy atom. The monoisotopic (exact) mass is 417 g/mol. The summed E-state index contributed by atoms with van der Waals surface area (Å²) in [5, 5.41) is 3.05. The molecule has 29 heavy (non-hydrogen) atoms. The van der Waals surface area contributed by atoms with E-state index in [0.29, 0.717) is 24.9 Å². The smallest absolute Gasteiger partial charge is 0.234 e. The fourth-order valence-electron chi connectivity index (χ4n) is 4.93. The molecule has 0 spiro atoms. The summed E-state index contributed by atoms with van der Waals surface area (Å²) in [6, 6.07) is 15.3. The molecule has 6 heteroatoms. The third-order valence-electron chi connectivity index (χ3n) is 6.26. The van der Waals surface area contributed by atoms with E-state index in [4.69, 9.17) is 0 Å². The van der Waals surface area contributed by atoms with Gasteiger partial charge in [0.1, 0.15) is 5.82 Å². The lowest BCUT2D eigenvalue weighted by Gasteiger charge is -2.26. The Labute approximate surface area is 178 Å². The van der Waals surface area contributed by atoms with Crippen molar-refractivity contribution in [1.29, 1.82) is 0 Å². The summed E-state index contributed by atoms with van der Waals surface area (Å²) in [7, 11) is 2.12. The Balaban J connectivity index is 0.00000240. The van der Waals surface area contributed by atoms with E-state index in [2.05, 4.69) is 41.2 Å². The average molecular weight is 418 g/mol. The minimum Gasteiger partial charge on any atom is -0.351 e. The number of amides is 1. The van der Waals surface area contributed by atoms with Crippen LogP contribution in [0.5, 0.6) is 0 Å². The minimum atomic E-state index is -0.181. The van der Waals surface area contributed by atoms with Crippen LogP contribution in [0.2, 0.25) is 0 Å². The summed E-state index contributed by atoms with van der Waals surface area (Å²) >= 11 is 0. The molecule has 0 radical (unpaired) electrons. The molecule has 2 heterocycles. The van der Waals surface area contributed by atoms with Gasteiger partial charge in [-0.1, -0.05) is 36.4 Å². The number of nitrogens with zero attached hydrogens (tertiary/aromatic N) is 2. The van der Waals surface area contributed by atoms with Gasteiger partial charge in [0.2, 0.25) is 5.91 Å². The van der Waals surface area contributed by atoms with Crippen LogP contribution in [0.1, 0.15) is 22.7 Å². The number of benzene rings is 2. The Bertz CT molecular complexity index is 862. The minimum absolute atomic E-state index is 0. The first-order valence-electron chi connectivity index (χ1n) is 10.0. The highest BCUT2D eigenvalue weighted by Gasteiger charge is 2.46. The number of aryl methyl sites for hydroxylation is 1. The Kier molecular flexibility index (Phi) is 6.93. The number of hydrogen-bond donors (Lipinski definition) is 1. The molecule has 2 fully saturated rings. The highest BCUT2D eigenvalue weighted by Crippen LogP contribution is 2.43. The van der Waals surface area contributed by atoms with Gasteiger partial charge in [-0.15, -0.1) is 12.4 Å². The van der Waals surface area contributed by atoms with E-state index >= 15 is 0 Å².